The van der Waals surface area contributed by atoms with Crippen LogP contribution in [0.25, 0.3) is 0 Å². The van der Waals surface area contributed by atoms with Crippen molar-refractivity contribution in [3.8, 4) is 0 Å². The molecule has 0 saturated carbocycles. The Kier molecular flexibility index (Phi) is 8.78. The first-order valence-corrected chi connectivity index (χ1v) is 13.6. The van der Waals surface area contributed by atoms with Crippen molar-refractivity contribution in [3.05, 3.63) is 108 Å². The third kappa shape index (κ3) is 4.95. The Morgan fingerprint density at radius 1 is 0.543 bits per heavy atom. The molecule has 1 aliphatic rings. The molecule has 1 fully saturated rings. The Morgan fingerprint density at radius 3 is 1.43 bits per heavy atom. The number of hydrogen-bond acceptors (Lipinski definition) is 3. The maximum atomic E-state index is 7.67. The molecule has 0 aliphatic carbocycles. The summed E-state index contributed by atoms with van der Waals surface area (Å²) in [5.74, 6) is 0. The predicted octanol–water partition coefficient (Wildman–Crippen LogP) is 8.08. The molecule has 0 spiro atoms. The summed E-state index contributed by atoms with van der Waals surface area (Å²) in [5.41, 5.74) is 2.43. The van der Waals surface area contributed by atoms with Crippen LogP contribution in [0.15, 0.2) is 91.0 Å². The highest BCUT2D eigenvalue weighted by Gasteiger charge is 2.61. The van der Waals surface area contributed by atoms with Gasteiger partial charge in [0.2, 0.25) is 0 Å². The van der Waals surface area contributed by atoms with Crippen molar-refractivity contribution in [2.45, 2.75) is 77.2 Å². The fourth-order valence-corrected chi connectivity index (χ4v) is 5.47. The summed E-state index contributed by atoms with van der Waals surface area (Å²) in [6.45, 7) is 8.76. The maximum Gasteiger partial charge on any atom is 0.189 e. The topological polar surface area (TPSA) is 15.7 Å². The van der Waals surface area contributed by atoms with E-state index in [1.807, 2.05) is 0 Å². The van der Waals surface area contributed by atoms with E-state index >= 15 is 0 Å². The minimum atomic E-state index is -0.686. The van der Waals surface area contributed by atoms with Gasteiger partial charge in [-0.15, -0.1) is 0 Å². The molecule has 3 aromatic carbocycles. The van der Waals surface area contributed by atoms with Crippen LogP contribution in [0, 0.1) is 0 Å². The number of hydrazine groups is 1. The molecule has 4 rings (SSSR count). The van der Waals surface area contributed by atoms with Crippen LogP contribution < -0.4 is 0 Å². The average molecular weight is 471 g/mol. The lowest BCUT2D eigenvalue weighted by Gasteiger charge is -2.41. The standard InChI is InChI=1S/C32H42N2O/c1-4-7-25-31(28-19-13-10-14-20-28)33(26-8-5-2)34(27-9-6-3)32(35-31,29-21-15-11-16-22-29)30-23-17-12-18-24-30/h10-24H,4-9,25-27H2,1-3H3. The van der Waals surface area contributed by atoms with E-state index in [9.17, 15) is 0 Å². The summed E-state index contributed by atoms with van der Waals surface area (Å²) in [7, 11) is 0. The first kappa shape index (κ1) is 25.6. The molecule has 1 unspecified atom stereocenters. The van der Waals surface area contributed by atoms with Gasteiger partial charge in [-0.05, 0) is 25.7 Å². The van der Waals surface area contributed by atoms with Gasteiger partial charge >= 0.3 is 0 Å². The van der Waals surface area contributed by atoms with Gasteiger partial charge in [0, 0.05) is 29.8 Å². The molecule has 0 N–H and O–H groups in total. The van der Waals surface area contributed by atoms with Crippen LogP contribution >= 0.6 is 0 Å². The van der Waals surface area contributed by atoms with Crippen LogP contribution in [0.2, 0.25) is 0 Å². The van der Waals surface area contributed by atoms with Crippen molar-refractivity contribution < 1.29 is 4.74 Å². The largest absolute Gasteiger partial charge is 0.324 e. The smallest absolute Gasteiger partial charge is 0.189 e. The average Bonchev–Trinajstić information content (AvgIpc) is 3.22. The molecule has 1 aliphatic heterocycles. The molecular weight excluding hydrogens is 428 g/mol. The predicted molar refractivity (Wildman–Crippen MR) is 146 cm³/mol. The number of nitrogens with zero attached hydrogens (tertiary/aromatic N) is 2. The SMILES string of the molecule is CCCCN1N(CCCC)C(c2ccccc2)(c2ccccc2)OC1(CCCC)c1ccccc1. The fourth-order valence-electron chi connectivity index (χ4n) is 5.47. The second-order valence-corrected chi connectivity index (χ2v) is 9.69. The van der Waals surface area contributed by atoms with E-state index in [1.165, 1.54) is 16.7 Å². The van der Waals surface area contributed by atoms with E-state index in [0.29, 0.717) is 0 Å². The first-order chi connectivity index (χ1) is 17.2. The second-order valence-electron chi connectivity index (χ2n) is 9.69. The highest BCUT2D eigenvalue weighted by atomic mass is 16.6. The molecule has 1 saturated heterocycles. The lowest BCUT2D eigenvalue weighted by atomic mass is 9.92. The molecule has 186 valence electrons. The quantitative estimate of drug-likeness (QED) is 0.266. The zero-order valence-electron chi connectivity index (χ0n) is 21.8. The van der Waals surface area contributed by atoms with Gasteiger partial charge in [-0.25, -0.2) is 10.0 Å². The number of benzene rings is 3. The monoisotopic (exact) mass is 470 g/mol. The van der Waals surface area contributed by atoms with Gasteiger partial charge in [0.15, 0.2) is 11.4 Å². The Hall–Kier alpha value is -2.46. The van der Waals surface area contributed by atoms with Gasteiger partial charge in [-0.3, -0.25) is 0 Å². The minimum absolute atomic E-state index is 0.522. The van der Waals surface area contributed by atoms with Crippen molar-refractivity contribution in [3.63, 3.8) is 0 Å². The van der Waals surface area contributed by atoms with Gasteiger partial charge < -0.3 is 4.74 Å². The Morgan fingerprint density at radius 2 is 0.971 bits per heavy atom. The van der Waals surface area contributed by atoms with Crippen LogP contribution in [0.5, 0.6) is 0 Å². The summed E-state index contributed by atoms with van der Waals surface area (Å²) < 4.78 is 7.67. The fraction of sp³-hybridized carbons (Fsp3) is 0.438. The van der Waals surface area contributed by atoms with Crippen LogP contribution in [-0.2, 0) is 16.2 Å². The summed E-state index contributed by atoms with van der Waals surface area (Å²) in [4.78, 5) is 0. The van der Waals surface area contributed by atoms with Crippen molar-refractivity contribution in [1.82, 2.24) is 10.0 Å². The normalized spacial score (nSPS) is 20.3. The highest BCUT2D eigenvalue weighted by molar-refractivity contribution is 5.38. The molecule has 1 heterocycles. The van der Waals surface area contributed by atoms with Crippen molar-refractivity contribution >= 4 is 0 Å². The molecule has 0 radical (unpaired) electrons. The van der Waals surface area contributed by atoms with Crippen LogP contribution in [0.3, 0.4) is 0 Å². The number of ether oxygens (including phenoxy) is 1. The molecule has 35 heavy (non-hydrogen) atoms. The maximum absolute atomic E-state index is 7.67. The minimum Gasteiger partial charge on any atom is -0.324 e. The molecule has 3 heteroatoms. The van der Waals surface area contributed by atoms with Gasteiger partial charge in [-0.1, -0.05) is 131 Å². The Balaban J connectivity index is 2.00. The lowest BCUT2D eigenvalue weighted by molar-refractivity contribution is -0.144. The van der Waals surface area contributed by atoms with E-state index < -0.39 is 11.4 Å². The Labute approximate surface area is 212 Å². The molecule has 0 aromatic heterocycles. The molecule has 0 amide bonds. The number of hydrogen-bond donors (Lipinski definition) is 0. The van der Waals surface area contributed by atoms with Gasteiger partial charge in [0.25, 0.3) is 0 Å². The second kappa shape index (κ2) is 12.0. The van der Waals surface area contributed by atoms with Crippen molar-refractivity contribution in [2.24, 2.45) is 0 Å². The van der Waals surface area contributed by atoms with Crippen LogP contribution in [0.1, 0.15) is 82.4 Å². The van der Waals surface area contributed by atoms with E-state index in [2.05, 4.69) is 122 Å². The van der Waals surface area contributed by atoms with E-state index in [1.54, 1.807) is 0 Å². The molecule has 1 atom stereocenters. The van der Waals surface area contributed by atoms with E-state index in [-0.39, 0.29) is 0 Å². The molecular formula is C32H42N2O. The van der Waals surface area contributed by atoms with Gasteiger partial charge in [0.1, 0.15) is 0 Å². The van der Waals surface area contributed by atoms with E-state index in [4.69, 9.17) is 4.74 Å². The summed E-state index contributed by atoms with van der Waals surface area (Å²) in [6.07, 6.45) is 7.75. The van der Waals surface area contributed by atoms with Gasteiger partial charge in [0.05, 0.1) is 0 Å². The van der Waals surface area contributed by atoms with Crippen molar-refractivity contribution in [2.75, 3.05) is 13.1 Å². The third-order valence-electron chi connectivity index (χ3n) is 7.26. The first-order valence-electron chi connectivity index (χ1n) is 13.6. The van der Waals surface area contributed by atoms with Gasteiger partial charge in [-0.2, -0.15) is 0 Å². The van der Waals surface area contributed by atoms with Crippen LogP contribution in [0.4, 0.5) is 0 Å². The highest BCUT2D eigenvalue weighted by Crippen LogP contribution is 2.55. The van der Waals surface area contributed by atoms with Crippen LogP contribution in [-0.4, -0.2) is 23.1 Å². The van der Waals surface area contributed by atoms with E-state index in [0.717, 1.165) is 58.0 Å². The zero-order chi connectivity index (χ0) is 24.6. The molecule has 3 aromatic rings. The summed E-state index contributed by atoms with van der Waals surface area (Å²) >= 11 is 0. The number of unbranched alkanes of at least 4 members (excludes halogenated alkanes) is 3. The molecule has 0 bridgehead atoms. The molecule has 3 nitrogen and oxygen atoms in total. The Bertz CT molecular complexity index is 968. The summed E-state index contributed by atoms with van der Waals surface area (Å²) in [6, 6.07) is 32.7. The van der Waals surface area contributed by atoms with Crippen molar-refractivity contribution in [1.29, 1.82) is 0 Å². The lowest BCUT2D eigenvalue weighted by Crippen LogP contribution is -2.52. The zero-order valence-corrected chi connectivity index (χ0v) is 21.8. The third-order valence-corrected chi connectivity index (χ3v) is 7.26. The number of rotatable bonds is 12. The summed E-state index contributed by atoms with van der Waals surface area (Å²) in [5, 5.41) is 5.19.